The monoisotopic (exact) mass is 492 g/mol. The Morgan fingerprint density at radius 1 is 0.333 bits per heavy atom. The smallest absolute Gasteiger partial charge is 0.0355 e. The maximum Gasteiger partial charge on any atom is 0.0355 e. The summed E-state index contributed by atoms with van der Waals surface area (Å²) in [6.07, 6.45) is 0. The topological polar surface area (TPSA) is 0 Å². The molecule has 0 nitrogen and oxygen atoms in total. The predicted molar refractivity (Wildman–Crippen MR) is 161 cm³/mol. The van der Waals surface area contributed by atoms with Crippen LogP contribution in [-0.2, 0) is 0 Å². The van der Waals surface area contributed by atoms with Crippen molar-refractivity contribution in [1.82, 2.24) is 0 Å². The van der Waals surface area contributed by atoms with Crippen LogP contribution in [0.15, 0.2) is 121 Å². The fourth-order valence-corrected chi connectivity index (χ4v) is 7.56. The molecule has 168 valence electrons. The third-order valence-electron chi connectivity index (χ3n) is 7.25. The van der Waals surface area contributed by atoms with Gasteiger partial charge in [-0.15, -0.1) is 22.7 Å². The second-order valence-corrected chi connectivity index (χ2v) is 11.6. The van der Waals surface area contributed by atoms with Crippen LogP contribution in [-0.4, -0.2) is 0 Å². The van der Waals surface area contributed by atoms with E-state index in [2.05, 4.69) is 121 Å². The van der Waals surface area contributed by atoms with E-state index < -0.39 is 0 Å². The molecule has 0 amide bonds. The maximum atomic E-state index is 2.34. The second kappa shape index (κ2) is 7.76. The molecule has 0 bridgehead atoms. The van der Waals surface area contributed by atoms with Crippen LogP contribution in [0.2, 0.25) is 0 Å². The van der Waals surface area contributed by atoms with Crippen molar-refractivity contribution in [2.24, 2.45) is 0 Å². The fourth-order valence-electron chi connectivity index (χ4n) is 5.44. The lowest BCUT2D eigenvalue weighted by atomic mass is 9.95. The third-order valence-corrected chi connectivity index (χ3v) is 9.58. The SMILES string of the molecule is c1ccc2sc(-c3ccc4c(ccc5c6ccc(-c7cc8ccccc8s7)cc6ccc45)c3)cc2c1. The van der Waals surface area contributed by atoms with Crippen molar-refractivity contribution in [2.75, 3.05) is 0 Å². The summed E-state index contributed by atoms with van der Waals surface area (Å²) in [5.74, 6) is 0. The van der Waals surface area contributed by atoms with Gasteiger partial charge in [0.05, 0.1) is 0 Å². The Morgan fingerprint density at radius 2 is 0.778 bits per heavy atom. The van der Waals surface area contributed by atoms with Crippen LogP contribution >= 0.6 is 22.7 Å². The van der Waals surface area contributed by atoms with Gasteiger partial charge in [0.1, 0.15) is 0 Å². The van der Waals surface area contributed by atoms with E-state index in [1.165, 1.54) is 73.4 Å². The lowest BCUT2D eigenvalue weighted by molar-refractivity contribution is 1.75. The van der Waals surface area contributed by atoms with E-state index in [4.69, 9.17) is 0 Å². The molecule has 8 rings (SSSR count). The van der Waals surface area contributed by atoms with Gasteiger partial charge in [-0.1, -0.05) is 84.9 Å². The first-order valence-electron chi connectivity index (χ1n) is 12.2. The van der Waals surface area contributed by atoms with E-state index in [0.717, 1.165) is 0 Å². The summed E-state index contributed by atoms with van der Waals surface area (Å²) in [5, 5.41) is 10.5. The average Bonchev–Trinajstić information content (AvgIpc) is 3.56. The first-order chi connectivity index (χ1) is 17.8. The number of thiophene rings is 2. The fraction of sp³-hybridized carbons (Fsp3) is 0. The van der Waals surface area contributed by atoms with Crippen LogP contribution in [0.1, 0.15) is 0 Å². The molecule has 36 heavy (non-hydrogen) atoms. The molecule has 0 saturated carbocycles. The molecule has 0 radical (unpaired) electrons. The van der Waals surface area contributed by atoms with Crippen molar-refractivity contribution in [3.8, 4) is 20.9 Å². The standard InChI is InChI=1S/C34H20S2/c1-3-7-31-23(5-1)19-33(35-31)25-11-13-27-21(17-25)9-15-30-28-14-12-26(18-22(28)10-16-29(27)30)34-20-24-6-2-4-8-32(24)36-34/h1-20H. The number of hydrogen-bond donors (Lipinski definition) is 0. The highest BCUT2D eigenvalue weighted by Crippen LogP contribution is 2.39. The number of fused-ring (bicyclic) bond motifs is 7. The molecule has 0 atom stereocenters. The summed E-state index contributed by atoms with van der Waals surface area (Å²) in [4.78, 5) is 2.65. The molecule has 6 aromatic carbocycles. The zero-order chi connectivity index (χ0) is 23.6. The van der Waals surface area contributed by atoms with Crippen molar-refractivity contribution in [3.63, 3.8) is 0 Å². The number of benzene rings is 6. The minimum atomic E-state index is 1.29. The molecule has 0 aliphatic rings. The Balaban J connectivity index is 1.25. The highest BCUT2D eigenvalue weighted by Gasteiger charge is 2.10. The molecule has 2 heterocycles. The van der Waals surface area contributed by atoms with Gasteiger partial charge < -0.3 is 0 Å². The van der Waals surface area contributed by atoms with Crippen LogP contribution in [0, 0.1) is 0 Å². The van der Waals surface area contributed by atoms with Gasteiger partial charge in [0, 0.05) is 19.2 Å². The third kappa shape index (κ3) is 3.12. The van der Waals surface area contributed by atoms with Gasteiger partial charge >= 0.3 is 0 Å². The van der Waals surface area contributed by atoms with Gasteiger partial charge in [-0.2, -0.15) is 0 Å². The molecule has 2 aromatic heterocycles. The Bertz CT molecular complexity index is 1890. The van der Waals surface area contributed by atoms with E-state index in [1.807, 2.05) is 22.7 Å². The van der Waals surface area contributed by atoms with Gasteiger partial charge in [-0.3, -0.25) is 0 Å². The predicted octanol–water partition coefficient (Wildman–Crippen LogP) is 10.9. The highest BCUT2D eigenvalue weighted by atomic mass is 32.1. The van der Waals surface area contributed by atoms with Gasteiger partial charge in [0.25, 0.3) is 0 Å². The van der Waals surface area contributed by atoms with E-state index in [0.29, 0.717) is 0 Å². The molecule has 0 fully saturated rings. The molecular formula is C34H20S2. The van der Waals surface area contributed by atoms with Crippen LogP contribution in [0.4, 0.5) is 0 Å². The zero-order valence-electron chi connectivity index (χ0n) is 19.4. The summed E-state index contributed by atoms with van der Waals surface area (Å²) in [6, 6.07) is 44.9. The van der Waals surface area contributed by atoms with Crippen LogP contribution < -0.4 is 0 Å². The molecular weight excluding hydrogens is 473 g/mol. The Hall–Kier alpha value is -3.98. The quantitative estimate of drug-likeness (QED) is 0.211. The Kier molecular flexibility index (Phi) is 4.36. The molecule has 0 saturated heterocycles. The van der Waals surface area contributed by atoms with Gasteiger partial charge in [0.2, 0.25) is 0 Å². The highest BCUT2D eigenvalue weighted by molar-refractivity contribution is 7.22. The van der Waals surface area contributed by atoms with Crippen molar-refractivity contribution in [1.29, 1.82) is 0 Å². The largest absolute Gasteiger partial charge is 0.135 e. The van der Waals surface area contributed by atoms with Crippen LogP contribution in [0.3, 0.4) is 0 Å². The van der Waals surface area contributed by atoms with E-state index in [9.17, 15) is 0 Å². The molecule has 0 unspecified atom stereocenters. The van der Waals surface area contributed by atoms with E-state index in [-0.39, 0.29) is 0 Å². The van der Waals surface area contributed by atoms with Crippen molar-refractivity contribution < 1.29 is 0 Å². The van der Waals surface area contributed by atoms with E-state index >= 15 is 0 Å². The molecule has 8 aromatic rings. The van der Waals surface area contributed by atoms with Gasteiger partial charge in [-0.05, 0) is 90.6 Å². The van der Waals surface area contributed by atoms with Crippen LogP contribution in [0.25, 0.3) is 73.4 Å². The summed E-state index contributed by atoms with van der Waals surface area (Å²) in [7, 11) is 0. The van der Waals surface area contributed by atoms with Crippen LogP contribution in [0.5, 0.6) is 0 Å². The Labute approximate surface area is 216 Å². The summed E-state index contributed by atoms with van der Waals surface area (Å²) >= 11 is 3.73. The molecule has 0 aliphatic carbocycles. The minimum absolute atomic E-state index is 1.29. The van der Waals surface area contributed by atoms with Crippen molar-refractivity contribution in [3.05, 3.63) is 121 Å². The maximum absolute atomic E-state index is 2.34. The molecule has 0 spiro atoms. The summed E-state index contributed by atoms with van der Waals surface area (Å²) in [5.41, 5.74) is 2.58. The van der Waals surface area contributed by atoms with E-state index in [1.54, 1.807) is 0 Å². The summed E-state index contributed by atoms with van der Waals surface area (Å²) < 4.78 is 2.68. The summed E-state index contributed by atoms with van der Waals surface area (Å²) in [6.45, 7) is 0. The first-order valence-corrected chi connectivity index (χ1v) is 13.8. The first kappa shape index (κ1) is 20.2. The second-order valence-electron chi connectivity index (χ2n) is 9.40. The molecule has 2 heteroatoms. The Morgan fingerprint density at radius 3 is 1.25 bits per heavy atom. The lowest BCUT2D eigenvalue weighted by Gasteiger charge is -2.10. The van der Waals surface area contributed by atoms with Crippen molar-refractivity contribution >= 4 is 75.2 Å². The lowest BCUT2D eigenvalue weighted by Crippen LogP contribution is -1.83. The number of rotatable bonds is 2. The van der Waals surface area contributed by atoms with Gasteiger partial charge in [-0.25, -0.2) is 0 Å². The normalized spacial score (nSPS) is 11.9. The zero-order valence-corrected chi connectivity index (χ0v) is 21.0. The molecule has 0 N–H and O–H groups in total. The molecule has 0 aliphatic heterocycles. The van der Waals surface area contributed by atoms with Crippen molar-refractivity contribution in [2.45, 2.75) is 0 Å². The van der Waals surface area contributed by atoms with Gasteiger partial charge in [0.15, 0.2) is 0 Å². The number of hydrogen-bond acceptors (Lipinski definition) is 2. The average molecular weight is 493 g/mol. The minimum Gasteiger partial charge on any atom is -0.135 e.